The van der Waals surface area contributed by atoms with E-state index in [1.807, 2.05) is 37.6 Å². The van der Waals surface area contributed by atoms with Crippen LogP contribution in [0.5, 0.6) is 0 Å². The largest absolute Gasteiger partial charge is 0.417 e. The molecule has 1 heterocycles. The zero-order valence-corrected chi connectivity index (χ0v) is 20.9. The van der Waals surface area contributed by atoms with Gasteiger partial charge in [-0.3, -0.25) is 0 Å². The minimum Gasteiger partial charge on any atom is -0.347 e. The maximum atomic E-state index is 13.8. The van der Waals surface area contributed by atoms with Crippen molar-refractivity contribution in [2.75, 3.05) is 0 Å². The second kappa shape index (κ2) is 8.68. The molecule has 1 N–H and O–H groups in total. The zero-order chi connectivity index (χ0) is 25.8. The van der Waals surface area contributed by atoms with Crippen LogP contribution in [-0.4, -0.2) is 18.2 Å². The second-order valence-electron chi connectivity index (χ2n) is 10.4. The number of alkyl halides is 3. The van der Waals surface area contributed by atoms with Crippen molar-refractivity contribution in [1.82, 2.24) is 9.29 Å². The summed E-state index contributed by atoms with van der Waals surface area (Å²) in [6.45, 7) is 8.49. The van der Waals surface area contributed by atoms with Gasteiger partial charge in [-0.25, -0.2) is 13.1 Å². The highest BCUT2D eigenvalue weighted by atomic mass is 32.2. The number of nitriles is 1. The number of hydrogen-bond acceptors (Lipinski definition) is 3. The monoisotopic (exact) mass is 503 g/mol. The van der Waals surface area contributed by atoms with Gasteiger partial charge in [-0.2, -0.15) is 18.4 Å². The molecule has 4 rings (SSSR count). The van der Waals surface area contributed by atoms with Crippen LogP contribution in [0.15, 0.2) is 42.6 Å². The fraction of sp³-hybridized carbons (Fsp3) is 0.423. The Labute approximate surface area is 203 Å². The summed E-state index contributed by atoms with van der Waals surface area (Å²) in [5.41, 5.74) is 0.507. The molecule has 1 saturated carbocycles. The molecule has 186 valence electrons. The molecule has 1 aliphatic rings. The minimum atomic E-state index is -4.62. The molecule has 0 unspecified atom stereocenters. The number of nitrogens with zero attached hydrogens (tertiary/aromatic N) is 2. The molecule has 1 atom stereocenters. The van der Waals surface area contributed by atoms with E-state index < -0.39 is 27.8 Å². The molecule has 35 heavy (non-hydrogen) atoms. The molecule has 0 saturated heterocycles. The van der Waals surface area contributed by atoms with Gasteiger partial charge in [0.05, 0.1) is 22.4 Å². The first-order valence-electron chi connectivity index (χ1n) is 11.5. The van der Waals surface area contributed by atoms with Gasteiger partial charge in [0, 0.05) is 35.2 Å². The van der Waals surface area contributed by atoms with Crippen LogP contribution in [0.1, 0.15) is 63.3 Å². The van der Waals surface area contributed by atoms with Crippen LogP contribution in [0.3, 0.4) is 0 Å². The quantitative estimate of drug-likeness (QED) is 0.424. The Bertz CT molecular complexity index is 1420. The summed E-state index contributed by atoms with van der Waals surface area (Å²) in [6.07, 6.45) is -1.44. The van der Waals surface area contributed by atoms with Crippen LogP contribution in [0, 0.1) is 16.7 Å². The van der Waals surface area contributed by atoms with Crippen molar-refractivity contribution in [3.63, 3.8) is 0 Å². The third-order valence-corrected chi connectivity index (χ3v) is 8.14. The molecule has 1 aromatic heterocycles. The minimum absolute atomic E-state index is 0.0566. The van der Waals surface area contributed by atoms with Crippen LogP contribution in [0.25, 0.3) is 22.0 Å². The van der Waals surface area contributed by atoms with Gasteiger partial charge in [-0.15, -0.1) is 0 Å². The predicted molar refractivity (Wildman–Crippen MR) is 130 cm³/mol. The van der Waals surface area contributed by atoms with Crippen LogP contribution < -0.4 is 4.72 Å². The average Bonchev–Trinajstić information content (AvgIpc) is 3.55. The van der Waals surface area contributed by atoms with Gasteiger partial charge in [-0.1, -0.05) is 39.0 Å². The van der Waals surface area contributed by atoms with Crippen LogP contribution in [0.4, 0.5) is 13.2 Å². The summed E-state index contributed by atoms with van der Waals surface area (Å²) < 4.78 is 71.3. The van der Waals surface area contributed by atoms with Crippen LogP contribution >= 0.6 is 0 Å². The molecule has 0 aliphatic heterocycles. The van der Waals surface area contributed by atoms with Crippen molar-refractivity contribution in [2.45, 2.75) is 64.5 Å². The van der Waals surface area contributed by atoms with E-state index in [1.165, 1.54) is 12.1 Å². The number of halogens is 3. The topological polar surface area (TPSA) is 74.9 Å². The third kappa shape index (κ3) is 5.24. The van der Waals surface area contributed by atoms with E-state index >= 15 is 0 Å². The first-order valence-corrected chi connectivity index (χ1v) is 13.0. The Morgan fingerprint density at radius 2 is 1.86 bits per heavy atom. The van der Waals surface area contributed by atoms with Gasteiger partial charge in [0.15, 0.2) is 0 Å². The number of benzene rings is 2. The van der Waals surface area contributed by atoms with E-state index in [2.05, 4.69) is 4.72 Å². The number of rotatable bonds is 6. The van der Waals surface area contributed by atoms with Crippen LogP contribution in [0.2, 0.25) is 0 Å². The Morgan fingerprint density at radius 1 is 1.17 bits per heavy atom. The Kier molecular flexibility index (Phi) is 6.27. The van der Waals surface area contributed by atoms with E-state index in [1.54, 1.807) is 25.1 Å². The highest BCUT2D eigenvalue weighted by Gasteiger charge is 2.37. The third-order valence-electron chi connectivity index (χ3n) is 6.11. The van der Waals surface area contributed by atoms with Crippen molar-refractivity contribution in [3.05, 3.63) is 59.3 Å². The average molecular weight is 504 g/mol. The van der Waals surface area contributed by atoms with Gasteiger partial charge >= 0.3 is 6.18 Å². The summed E-state index contributed by atoms with van der Waals surface area (Å²) in [6, 6.07) is 9.93. The summed E-state index contributed by atoms with van der Waals surface area (Å²) in [4.78, 5) is 0. The first-order chi connectivity index (χ1) is 16.2. The van der Waals surface area contributed by atoms with Gasteiger partial charge < -0.3 is 4.57 Å². The van der Waals surface area contributed by atoms with Gasteiger partial charge in [-0.05, 0) is 54.5 Å². The molecule has 5 nitrogen and oxygen atoms in total. The molecule has 2 aromatic carbocycles. The molecule has 0 radical (unpaired) electrons. The SMILES string of the molecule is C[C@@H](NS(=O)(=O)C1CC1)c1cn(CC(C)(C)C)c2cc(-c3c(C#N)cccc3C(F)(F)F)ccc12. The van der Waals surface area contributed by atoms with Gasteiger partial charge in [0.25, 0.3) is 0 Å². The molecule has 0 amide bonds. The number of fused-ring (bicyclic) bond motifs is 1. The zero-order valence-electron chi connectivity index (χ0n) is 20.1. The lowest BCUT2D eigenvalue weighted by atomic mass is 9.93. The predicted octanol–water partition coefficient (Wildman–Crippen LogP) is 6.39. The number of nitrogens with one attached hydrogen (secondary N) is 1. The van der Waals surface area contributed by atoms with E-state index in [-0.39, 0.29) is 27.4 Å². The van der Waals surface area contributed by atoms with Crippen molar-refractivity contribution in [1.29, 1.82) is 5.26 Å². The highest BCUT2D eigenvalue weighted by molar-refractivity contribution is 7.90. The first kappa shape index (κ1) is 25.3. The molecule has 1 fully saturated rings. The molecule has 9 heteroatoms. The lowest BCUT2D eigenvalue weighted by molar-refractivity contribution is -0.137. The van der Waals surface area contributed by atoms with E-state index in [0.717, 1.165) is 17.0 Å². The van der Waals surface area contributed by atoms with E-state index in [9.17, 15) is 26.9 Å². The molecule has 0 spiro atoms. The van der Waals surface area contributed by atoms with E-state index in [0.29, 0.717) is 24.9 Å². The lowest BCUT2D eigenvalue weighted by Gasteiger charge is -2.20. The van der Waals surface area contributed by atoms with Crippen molar-refractivity contribution in [2.24, 2.45) is 5.41 Å². The molecule has 1 aliphatic carbocycles. The lowest BCUT2D eigenvalue weighted by Crippen LogP contribution is -2.29. The number of sulfonamides is 1. The summed E-state index contributed by atoms with van der Waals surface area (Å²) in [5, 5.41) is 9.94. The summed E-state index contributed by atoms with van der Waals surface area (Å²) in [7, 11) is -3.43. The maximum Gasteiger partial charge on any atom is 0.417 e. The highest BCUT2D eigenvalue weighted by Crippen LogP contribution is 2.41. The molecule has 0 bridgehead atoms. The standard InChI is InChI=1S/C26H28F3N3O2S/c1-16(31-35(33,34)19-9-10-19)21-14-32(15-25(2,3)4)23-12-17(8-11-20(21)23)24-18(13-30)6-5-7-22(24)26(27,28)29/h5-8,11-12,14,16,19,31H,9-10,15H2,1-4H3/t16-/m1/s1. The fourth-order valence-electron chi connectivity index (χ4n) is 4.44. The van der Waals surface area contributed by atoms with Gasteiger partial charge in [0.2, 0.25) is 10.0 Å². The molecular weight excluding hydrogens is 475 g/mol. The Balaban J connectivity index is 1.89. The fourth-order valence-corrected chi connectivity index (χ4v) is 6.01. The van der Waals surface area contributed by atoms with Gasteiger partial charge in [0.1, 0.15) is 0 Å². The maximum absolute atomic E-state index is 13.8. The smallest absolute Gasteiger partial charge is 0.347 e. The Hall–Kier alpha value is -2.83. The summed E-state index contributed by atoms with van der Waals surface area (Å²) in [5.74, 6) is 0. The molecular formula is C26H28F3N3O2S. The molecule has 3 aromatic rings. The number of hydrogen-bond donors (Lipinski definition) is 1. The van der Waals surface area contributed by atoms with Crippen molar-refractivity contribution in [3.8, 4) is 17.2 Å². The Morgan fingerprint density at radius 3 is 2.43 bits per heavy atom. The van der Waals surface area contributed by atoms with Crippen molar-refractivity contribution >= 4 is 20.9 Å². The van der Waals surface area contributed by atoms with Crippen molar-refractivity contribution < 1.29 is 21.6 Å². The van der Waals surface area contributed by atoms with E-state index in [4.69, 9.17) is 0 Å². The number of aromatic nitrogens is 1. The summed E-state index contributed by atoms with van der Waals surface area (Å²) >= 11 is 0. The second-order valence-corrected chi connectivity index (χ2v) is 12.4. The normalized spacial score (nSPS) is 15.8. The van der Waals surface area contributed by atoms with Crippen LogP contribution in [-0.2, 0) is 22.7 Å².